The standard InChI is InChI=1S/C23H23IN2O/c1-23(2)16-26(21-11-10-19(24)13-20(21)23)15-18-8-6-17(7-9-18)14-25-12-4-3-5-22(25)27/h3-13H,14-16H2,1-2H3. The van der Waals surface area contributed by atoms with Crippen LogP contribution in [0, 0.1) is 3.57 Å². The number of rotatable bonds is 4. The van der Waals surface area contributed by atoms with E-state index in [1.54, 1.807) is 16.7 Å². The summed E-state index contributed by atoms with van der Waals surface area (Å²) >= 11 is 2.39. The molecule has 0 N–H and O–H groups in total. The van der Waals surface area contributed by atoms with Gasteiger partial charge in [0.1, 0.15) is 0 Å². The van der Waals surface area contributed by atoms with Crippen LogP contribution in [0.3, 0.4) is 0 Å². The van der Waals surface area contributed by atoms with E-state index in [0.717, 1.165) is 18.7 Å². The van der Waals surface area contributed by atoms with Crippen LogP contribution in [-0.2, 0) is 18.5 Å². The van der Waals surface area contributed by atoms with Gasteiger partial charge in [0.25, 0.3) is 5.56 Å². The summed E-state index contributed by atoms with van der Waals surface area (Å²) in [6.45, 7) is 7.19. The van der Waals surface area contributed by atoms with Crippen molar-refractivity contribution in [2.24, 2.45) is 0 Å². The van der Waals surface area contributed by atoms with Crippen molar-refractivity contribution < 1.29 is 0 Å². The van der Waals surface area contributed by atoms with E-state index in [-0.39, 0.29) is 11.0 Å². The van der Waals surface area contributed by atoms with Crippen LogP contribution >= 0.6 is 22.6 Å². The molecular formula is C23H23IN2O. The molecule has 4 heteroatoms. The average molecular weight is 470 g/mol. The van der Waals surface area contributed by atoms with Gasteiger partial charge in [0, 0.05) is 40.0 Å². The molecule has 0 spiro atoms. The Labute approximate surface area is 173 Å². The van der Waals surface area contributed by atoms with E-state index in [2.05, 4.69) is 83.8 Å². The number of nitrogens with zero attached hydrogens (tertiary/aromatic N) is 2. The summed E-state index contributed by atoms with van der Waals surface area (Å²) in [6, 6.07) is 20.6. The van der Waals surface area contributed by atoms with Crippen molar-refractivity contribution in [1.82, 2.24) is 4.57 Å². The molecule has 0 radical (unpaired) electrons. The lowest BCUT2D eigenvalue weighted by molar-refractivity contribution is 0.549. The average Bonchev–Trinajstić information content (AvgIpc) is 2.88. The normalized spacial score (nSPS) is 15.0. The number of fused-ring (bicyclic) bond motifs is 1. The van der Waals surface area contributed by atoms with Crippen LogP contribution < -0.4 is 10.5 Å². The van der Waals surface area contributed by atoms with Gasteiger partial charge in [-0.15, -0.1) is 0 Å². The summed E-state index contributed by atoms with van der Waals surface area (Å²) in [7, 11) is 0. The number of anilines is 1. The molecule has 0 fully saturated rings. The Morgan fingerprint density at radius 2 is 1.67 bits per heavy atom. The molecule has 27 heavy (non-hydrogen) atoms. The number of halogens is 1. The van der Waals surface area contributed by atoms with Gasteiger partial charge in [0.2, 0.25) is 0 Å². The minimum absolute atomic E-state index is 0.0344. The Balaban J connectivity index is 1.51. The van der Waals surface area contributed by atoms with Gasteiger partial charge in [-0.1, -0.05) is 44.2 Å². The number of benzene rings is 2. The Morgan fingerprint density at radius 3 is 2.37 bits per heavy atom. The Kier molecular flexibility index (Phi) is 4.84. The largest absolute Gasteiger partial charge is 0.366 e. The maximum atomic E-state index is 11.9. The van der Waals surface area contributed by atoms with E-state index in [0.29, 0.717) is 6.54 Å². The van der Waals surface area contributed by atoms with Gasteiger partial charge in [-0.05, 0) is 63.5 Å². The SMILES string of the molecule is CC1(C)CN(Cc2ccc(Cn3ccccc3=O)cc2)c2ccc(I)cc21. The van der Waals surface area contributed by atoms with Crippen molar-refractivity contribution in [3.8, 4) is 0 Å². The third kappa shape index (κ3) is 3.81. The summed E-state index contributed by atoms with van der Waals surface area (Å²) in [4.78, 5) is 14.4. The second kappa shape index (κ2) is 7.15. The maximum Gasteiger partial charge on any atom is 0.250 e. The van der Waals surface area contributed by atoms with Gasteiger partial charge >= 0.3 is 0 Å². The van der Waals surface area contributed by atoms with Crippen LogP contribution in [0.4, 0.5) is 5.69 Å². The monoisotopic (exact) mass is 470 g/mol. The van der Waals surface area contributed by atoms with Gasteiger partial charge in [-0.3, -0.25) is 4.79 Å². The van der Waals surface area contributed by atoms with E-state index >= 15 is 0 Å². The lowest BCUT2D eigenvalue weighted by Crippen LogP contribution is -2.28. The molecule has 138 valence electrons. The predicted octanol–water partition coefficient (Wildman–Crippen LogP) is 4.80. The van der Waals surface area contributed by atoms with Crippen molar-refractivity contribution in [1.29, 1.82) is 0 Å². The predicted molar refractivity (Wildman–Crippen MR) is 119 cm³/mol. The minimum Gasteiger partial charge on any atom is -0.366 e. The van der Waals surface area contributed by atoms with Crippen molar-refractivity contribution in [3.63, 3.8) is 0 Å². The zero-order chi connectivity index (χ0) is 19.0. The first-order valence-electron chi connectivity index (χ1n) is 9.21. The summed E-state index contributed by atoms with van der Waals surface area (Å²) in [6.07, 6.45) is 1.83. The van der Waals surface area contributed by atoms with Crippen LogP contribution in [0.5, 0.6) is 0 Å². The Morgan fingerprint density at radius 1 is 0.963 bits per heavy atom. The first kappa shape index (κ1) is 18.3. The van der Waals surface area contributed by atoms with E-state index < -0.39 is 0 Å². The third-order valence-electron chi connectivity index (χ3n) is 5.26. The topological polar surface area (TPSA) is 25.2 Å². The quantitative estimate of drug-likeness (QED) is 0.512. The zero-order valence-corrected chi connectivity index (χ0v) is 17.8. The second-order valence-electron chi connectivity index (χ2n) is 7.88. The van der Waals surface area contributed by atoms with Gasteiger partial charge in [-0.2, -0.15) is 0 Å². The Hall–Kier alpha value is -2.08. The van der Waals surface area contributed by atoms with E-state index in [4.69, 9.17) is 0 Å². The number of hydrogen-bond acceptors (Lipinski definition) is 2. The highest BCUT2D eigenvalue weighted by atomic mass is 127. The highest BCUT2D eigenvalue weighted by molar-refractivity contribution is 14.1. The molecule has 0 bridgehead atoms. The molecule has 0 atom stereocenters. The van der Waals surface area contributed by atoms with Crippen LogP contribution in [0.25, 0.3) is 0 Å². The van der Waals surface area contributed by atoms with E-state index in [9.17, 15) is 4.79 Å². The molecule has 0 saturated heterocycles. The molecule has 0 unspecified atom stereocenters. The summed E-state index contributed by atoms with van der Waals surface area (Å²) in [5.41, 5.74) is 5.43. The van der Waals surface area contributed by atoms with Gasteiger partial charge in [0.15, 0.2) is 0 Å². The molecule has 2 aromatic carbocycles. The summed E-state index contributed by atoms with van der Waals surface area (Å²) in [5, 5.41) is 0. The van der Waals surface area contributed by atoms with E-state index in [1.165, 1.54) is 20.4 Å². The van der Waals surface area contributed by atoms with Crippen molar-refractivity contribution in [3.05, 3.63) is 97.5 Å². The molecular weight excluding hydrogens is 447 g/mol. The van der Waals surface area contributed by atoms with Crippen molar-refractivity contribution in [2.45, 2.75) is 32.4 Å². The molecule has 0 aliphatic carbocycles. The molecule has 3 nitrogen and oxygen atoms in total. The summed E-state index contributed by atoms with van der Waals surface area (Å²) < 4.78 is 3.03. The van der Waals surface area contributed by atoms with Crippen molar-refractivity contribution in [2.75, 3.05) is 11.4 Å². The first-order chi connectivity index (χ1) is 12.9. The number of pyridine rings is 1. The second-order valence-corrected chi connectivity index (χ2v) is 9.13. The van der Waals surface area contributed by atoms with Gasteiger partial charge in [-0.25, -0.2) is 0 Å². The third-order valence-corrected chi connectivity index (χ3v) is 5.93. The molecule has 1 aliphatic heterocycles. The van der Waals surface area contributed by atoms with Crippen molar-refractivity contribution >= 4 is 28.3 Å². The first-order valence-corrected chi connectivity index (χ1v) is 10.3. The minimum atomic E-state index is 0.0344. The van der Waals surface area contributed by atoms with Gasteiger partial charge in [0.05, 0.1) is 6.54 Å². The lowest BCUT2D eigenvalue weighted by atomic mass is 9.87. The molecule has 3 aromatic rings. The highest BCUT2D eigenvalue weighted by Gasteiger charge is 2.34. The fourth-order valence-electron chi connectivity index (χ4n) is 3.87. The molecule has 0 amide bonds. The van der Waals surface area contributed by atoms with Crippen LogP contribution in [-0.4, -0.2) is 11.1 Å². The molecule has 0 saturated carbocycles. The maximum absolute atomic E-state index is 11.9. The lowest BCUT2D eigenvalue weighted by Gasteiger charge is -2.22. The van der Waals surface area contributed by atoms with Crippen LogP contribution in [0.1, 0.15) is 30.5 Å². The zero-order valence-electron chi connectivity index (χ0n) is 15.7. The molecule has 1 aromatic heterocycles. The molecule has 2 heterocycles. The van der Waals surface area contributed by atoms with Crippen LogP contribution in [0.15, 0.2) is 71.7 Å². The summed E-state index contributed by atoms with van der Waals surface area (Å²) in [5.74, 6) is 0. The smallest absolute Gasteiger partial charge is 0.250 e. The Bertz CT molecular complexity index is 1020. The number of hydrogen-bond donors (Lipinski definition) is 0. The fourth-order valence-corrected chi connectivity index (χ4v) is 4.36. The van der Waals surface area contributed by atoms with E-state index in [1.807, 2.05) is 12.3 Å². The number of aromatic nitrogens is 1. The van der Waals surface area contributed by atoms with Gasteiger partial charge < -0.3 is 9.47 Å². The molecule has 4 rings (SSSR count). The highest BCUT2D eigenvalue weighted by Crippen LogP contribution is 2.41. The fraction of sp³-hybridized carbons (Fsp3) is 0.261. The van der Waals surface area contributed by atoms with Crippen LogP contribution in [0.2, 0.25) is 0 Å². The molecule has 1 aliphatic rings.